The van der Waals surface area contributed by atoms with Crippen molar-refractivity contribution < 1.29 is 4.74 Å². The topological polar surface area (TPSA) is 39.1 Å². The number of ether oxygens (including phenoxy) is 1. The molecular formula is C16H27N3O. The van der Waals surface area contributed by atoms with E-state index in [0.717, 1.165) is 26.1 Å². The first-order valence-corrected chi connectivity index (χ1v) is 8.22. The minimum atomic E-state index is 0.264. The summed E-state index contributed by atoms with van der Waals surface area (Å²) in [6, 6.07) is 1.98. The molecule has 0 radical (unpaired) electrons. The van der Waals surface area contributed by atoms with Crippen LogP contribution in [0.1, 0.15) is 51.4 Å². The summed E-state index contributed by atoms with van der Waals surface area (Å²) in [6.45, 7) is 3.06. The number of aromatic nitrogens is 2. The molecule has 112 valence electrons. The van der Waals surface area contributed by atoms with Gasteiger partial charge in [0.1, 0.15) is 0 Å². The van der Waals surface area contributed by atoms with Gasteiger partial charge in [0.2, 0.25) is 0 Å². The Kier molecular flexibility index (Phi) is 4.73. The fourth-order valence-electron chi connectivity index (χ4n) is 3.66. The maximum Gasteiger partial charge on any atom is 0.0708 e. The molecule has 1 N–H and O–H groups in total. The maximum absolute atomic E-state index is 6.36. The summed E-state index contributed by atoms with van der Waals surface area (Å²) in [5, 5.41) is 7.76. The SMILES string of the molecule is c1cnn(CCCNCC2CCC3(CCCCC3)O2)c1. The maximum atomic E-state index is 6.36. The summed E-state index contributed by atoms with van der Waals surface area (Å²) in [5.74, 6) is 0. The van der Waals surface area contributed by atoms with Crippen LogP contribution in [0.25, 0.3) is 0 Å². The molecule has 4 nitrogen and oxygen atoms in total. The highest BCUT2D eigenvalue weighted by atomic mass is 16.5. The molecular weight excluding hydrogens is 250 g/mol. The van der Waals surface area contributed by atoms with Crippen LogP contribution in [0.2, 0.25) is 0 Å². The number of hydrogen-bond donors (Lipinski definition) is 1. The van der Waals surface area contributed by atoms with Crippen LogP contribution in [0.4, 0.5) is 0 Å². The lowest BCUT2D eigenvalue weighted by molar-refractivity contribution is -0.0623. The third-order valence-electron chi connectivity index (χ3n) is 4.78. The Morgan fingerprint density at radius 3 is 2.95 bits per heavy atom. The molecule has 0 aromatic carbocycles. The van der Waals surface area contributed by atoms with Gasteiger partial charge in [0, 0.05) is 25.5 Å². The van der Waals surface area contributed by atoms with Crippen molar-refractivity contribution in [2.24, 2.45) is 0 Å². The van der Waals surface area contributed by atoms with Crippen molar-refractivity contribution in [3.8, 4) is 0 Å². The predicted molar refractivity (Wildman–Crippen MR) is 79.6 cm³/mol. The molecule has 1 saturated heterocycles. The lowest BCUT2D eigenvalue weighted by atomic mass is 9.83. The van der Waals surface area contributed by atoms with E-state index in [1.165, 1.54) is 44.9 Å². The molecule has 1 aliphatic heterocycles. The van der Waals surface area contributed by atoms with Crippen LogP contribution in [0, 0.1) is 0 Å². The zero-order valence-electron chi connectivity index (χ0n) is 12.4. The molecule has 1 aliphatic carbocycles. The summed E-state index contributed by atoms with van der Waals surface area (Å²) in [6.07, 6.45) is 14.7. The van der Waals surface area contributed by atoms with E-state index in [1.54, 1.807) is 0 Å². The Labute approximate surface area is 121 Å². The Bertz CT molecular complexity index is 384. The average molecular weight is 277 g/mol. The van der Waals surface area contributed by atoms with Gasteiger partial charge in [-0.25, -0.2) is 0 Å². The van der Waals surface area contributed by atoms with Crippen LogP contribution in [-0.4, -0.2) is 34.6 Å². The average Bonchev–Trinajstić information content (AvgIpc) is 3.10. The first-order chi connectivity index (χ1) is 9.86. The summed E-state index contributed by atoms with van der Waals surface area (Å²) in [4.78, 5) is 0. The zero-order valence-corrected chi connectivity index (χ0v) is 12.4. The van der Waals surface area contributed by atoms with Crippen LogP contribution in [0.5, 0.6) is 0 Å². The second-order valence-corrected chi connectivity index (χ2v) is 6.35. The summed E-state index contributed by atoms with van der Waals surface area (Å²) >= 11 is 0. The number of nitrogens with zero attached hydrogens (tertiary/aromatic N) is 2. The largest absolute Gasteiger partial charge is 0.370 e. The molecule has 2 fully saturated rings. The van der Waals surface area contributed by atoms with E-state index >= 15 is 0 Å². The molecule has 0 amide bonds. The number of rotatable bonds is 6. The van der Waals surface area contributed by atoms with Gasteiger partial charge in [0.25, 0.3) is 0 Å². The first-order valence-electron chi connectivity index (χ1n) is 8.22. The zero-order chi connectivity index (χ0) is 13.7. The Morgan fingerprint density at radius 1 is 1.25 bits per heavy atom. The van der Waals surface area contributed by atoms with Crippen LogP contribution >= 0.6 is 0 Å². The number of aryl methyl sites for hydroxylation is 1. The lowest BCUT2D eigenvalue weighted by Crippen LogP contribution is -2.35. The highest BCUT2D eigenvalue weighted by molar-refractivity contribution is 4.91. The highest BCUT2D eigenvalue weighted by Crippen LogP contribution is 2.41. The fraction of sp³-hybridized carbons (Fsp3) is 0.812. The standard InChI is InChI=1S/C16H27N3O/c1-2-7-16(8-3-1)9-6-15(20-16)14-17-10-4-12-19-13-5-11-18-19/h5,11,13,15,17H,1-4,6-10,12,14H2. The number of hydrogen-bond acceptors (Lipinski definition) is 3. The predicted octanol–water partition coefficient (Wildman–Crippen LogP) is 2.74. The minimum absolute atomic E-state index is 0.264. The third-order valence-corrected chi connectivity index (χ3v) is 4.78. The van der Waals surface area contributed by atoms with Gasteiger partial charge in [0.15, 0.2) is 0 Å². The monoisotopic (exact) mass is 277 g/mol. The Morgan fingerprint density at radius 2 is 2.15 bits per heavy atom. The first kappa shape index (κ1) is 14.1. The molecule has 0 bridgehead atoms. The van der Waals surface area contributed by atoms with E-state index in [4.69, 9.17) is 4.74 Å². The lowest BCUT2D eigenvalue weighted by Gasteiger charge is -2.33. The van der Waals surface area contributed by atoms with E-state index in [1.807, 2.05) is 23.1 Å². The second-order valence-electron chi connectivity index (χ2n) is 6.35. The Hall–Kier alpha value is -0.870. The molecule has 2 aliphatic rings. The molecule has 3 rings (SSSR count). The van der Waals surface area contributed by atoms with Gasteiger partial charge in [-0.2, -0.15) is 5.10 Å². The third kappa shape index (κ3) is 3.61. The minimum Gasteiger partial charge on any atom is -0.370 e. The fourth-order valence-corrected chi connectivity index (χ4v) is 3.66. The Balaban J connectivity index is 1.29. The van der Waals surface area contributed by atoms with Crippen molar-refractivity contribution in [3.63, 3.8) is 0 Å². The summed E-state index contributed by atoms with van der Waals surface area (Å²) in [5.41, 5.74) is 0.264. The normalized spacial score (nSPS) is 25.3. The van der Waals surface area contributed by atoms with Crippen LogP contribution in [0.3, 0.4) is 0 Å². The van der Waals surface area contributed by atoms with E-state index < -0.39 is 0 Å². The van der Waals surface area contributed by atoms with Crippen molar-refractivity contribution in [3.05, 3.63) is 18.5 Å². The molecule has 20 heavy (non-hydrogen) atoms. The van der Waals surface area contributed by atoms with Crippen LogP contribution in [0.15, 0.2) is 18.5 Å². The van der Waals surface area contributed by atoms with Crippen molar-refractivity contribution in [1.82, 2.24) is 15.1 Å². The van der Waals surface area contributed by atoms with Gasteiger partial charge < -0.3 is 10.1 Å². The van der Waals surface area contributed by atoms with Crippen molar-refractivity contribution in [2.45, 2.75) is 69.6 Å². The van der Waals surface area contributed by atoms with Gasteiger partial charge in [0.05, 0.1) is 11.7 Å². The van der Waals surface area contributed by atoms with Crippen LogP contribution < -0.4 is 5.32 Å². The van der Waals surface area contributed by atoms with E-state index in [9.17, 15) is 0 Å². The van der Waals surface area contributed by atoms with Gasteiger partial charge in [-0.15, -0.1) is 0 Å². The molecule has 1 atom stereocenters. The smallest absolute Gasteiger partial charge is 0.0708 e. The molecule has 1 aromatic rings. The molecule has 1 aromatic heterocycles. The van der Waals surface area contributed by atoms with E-state index in [-0.39, 0.29) is 5.60 Å². The van der Waals surface area contributed by atoms with Gasteiger partial charge in [-0.05, 0) is 44.7 Å². The van der Waals surface area contributed by atoms with Gasteiger partial charge in [-0.1, -0.05) is 19.3 Å². The van der Waals surface area contributed by atoms with E-state index in [0.29, 0.717) is 6.10 Å². The summed E-state index contributed by atoms with van der Waals surface area (Å²) < 4.78 is 8.35. The second kappa shape index (κ2) is 6.72. The molecule has 1 saturated carbocycles. The van der Waals surface area contributed by atoms with Crippen molar-refractivity contribution >= 4 is 0 Å². The highest BCUT2D eigenvalue weighted by Gasteiger charge is 2.40. The quantitative estimate of drug-likeness (QED) is 0.813. The van der Waals surface area contributed by atoms with Crippen LogP contribution in [-0.2, 0) is 11.3 Å². The van der Waals surface area contributed by atoms with Crippen molar-refractivity contribution in [1.29, 1.82) is 0 Å². The number of nitrogens with one attached hydrogen (secondary N) is 1. The van der Waals surface area contributed by atoms with Gasteiger partial charge >= 0.3 is 0 Å². The molecule has 2 heterocycles. The molecule has 4 heteroatoms. The van der Waals surface area contributed by atoms with Crippen molar-refractivity contribution in [2.75, 3.05) is 13.1 Å². The molecule has 1 unspecified atom stereocenters. The molecule has 1 spiro atoms. The van der Waals surface area contributed by atoms with E-state index in [2.05, 4.69) is 10.4 Å². The van der Waals surface area contributed by atoms with Gasteiger partial charge in [-0.3, -0.25) is 4.68 Å². The summed E-state index contributed by atoms with van der Waals surface area (Å²) in [7, 11) is 0.